The van der Waals surface area contributed by atoms with Gasteiger partial charge in [0.25, 0.3) is 0 Å². The number of benzene rings is 2. The lowest BCUT2D eigenvalue weighted by atomic mass is 10.1. The Bertz CT molecular complexity index is 921. The second-order valence-electron chi connectivity index (χ2n) is 6.91. The molecular formula is C22H25N3OS. The Balaban J connectivity index is 1.53. The molecule has 0 unspecified atom stereocenters. The van der Waals surface area contributed by atoms with Crippen molar-refractivity contribution in [1.82, 2.24) is 10.3 Å². The Morgan fingerprint density at radius 3 is 2.33 bits per heavy atom. The Hall–Kier alpha value is -2.66. The maximum Gasteiger partial charge on any atom is 0.319 e. The Morgan fingerprint density at radius 1 is 1.00 bits per heavy atom. The predicted molar refractivity (Wildman–Crippen MR) is 114 cm³/mol. The molecule has 0 saturated carbocycles. The summed E-state index contributed by atoms with van der Waals surface area (Å²) >= 11 is 1.64. The van der Waals surface area contributed by atoms with E-state index in [4.69, 9.17) is 0 Å². The van der Waals surface area contributed by atoms with Crippen LogP contribution < -0.4 is 10.6 Å². The highest BCUT2D eigenvalue weighted by atomic mass is 32.1. The zero-order valence-electron chi connectivity index (χ0n) is 16.2. The summed E-state index contributed by atoms with van der Waals surface area (Å²) in [5.41, 5.74) is 7.60. The predicted octanol–water partition coefficient (Wildman–Crippen LogP) is 5.41. The molecule has 0 saturated heterocycles. The molecular weight excluding hydrogens is 354 g/mol. The lowest BCUT2D eigenvalue weighted by Crippen LogP contribution is -2.31. The summed E-state index contributed by atoms with van der Waals surface area (Å²) in [6.45, 7) is 8.71. The van der Waals surface area contributed by atoms with Gasteiger partial charge in [0, 0.05) is 29.6 Å². The van der Waals surface area contributed by atoms with E-state index in [1.54, 1.807) is 11.3 Å². The number of urea groups is 1. The zero-order valence-corrected chi connectivity index (χ0v) is 17.0. The van der Waals surface area contributed by atoms with Crippen molar-refractivity contribution in [3.05, 3.63) is 69.7 Å². The number of carbonyl (C=O) groups is 1. The van der Waals surface area contributed by atoms with E-state index in [0.717, 1.165) is 33.1 Å². The maximum absolute atomic E-state index is 12.2. The third-order valence-electron chi connectivity index (χ3n) is 4.43. The lowest BCUT2D eigenvalue weighted by molar-refractivity contribution is 0.252. The highest BCUT2D eigenvalue weighted by Crippen LogP contribution is 2.24. The molecule has 2 aromatic carbocycles. The highest BCUT2D eigenvalue weighted by molar-refractivity contribution is 7.13. The molecule has 0 radical (unpaired) electrons. The van der Waals surface area contributed by atoms with Gasteiger partial charge in [-0.2, -0.15) is 0 Å². The van der Waals surface area contributed by atoms with Gasteiger partial charge in [-0.1, -0.05) is 47.5 Å². The van der Waals surface area contributed by atoms with Gasteiger partial charge < -0.3 is 10.6 Å². The number of carbonyl (C=O) groups excluding carboxylic acids is 1. The van der Waals surface area contributed by atoms with Gasteiger partial charge in [-0.05, 0) is 38.8 Å². The summed E-state index contributed by atoms with van der Waals surface area (Å²) in [5.74, 6) is 0. The normalized spacial score (nSPS) is 10.7. The topological polar surface area (TPSA) is 54.0 Å². The number of aryl methyl sites for hydroxylation is 4. The summed E-state index contributed by atoms with van der Waals surface area (Å²) < 4.78 is 0. The summed E-state index contributed by atoms with van der Waals surface area (Å²) in [7, 11) is 0. The van der Waals surface area contributed by atoms with Gasteiger partial charge in [0.1, 0.15) is 5.01 Å². The number of hydrogen-bond donors (Lipinski definition) is 2. The molecule has 5 heteroatoms. The van der Waals surface area contributed by atoms with E-state index in [9.17, 15) is 4.79 Å². The Morgan fingerprint density at radius 2 is 1.67 bits per heavy atom. The lowest BCUT2D eigenvalue weighted by Gasteiger charge is -2.13. The molecule has 0 atom stereocenters. The van der Waals surface area contributed by atoms with Gasteiger partial charge in [-0.15, -0.1) is 11.3 Å². The molecule has 1 heterocycles. The zero-order chi connectivity index (χ0) is 19.4. The minimum atomic E-state index is -0.181. The summed E-state index contributed by atoms with van der Waals surface area (Å²) in [6, 6.07) is 12.3. The van der Waals surface area contributed by atoms with Crippen molar-refractivity contribution < 1.29 is 4.79 Å². The van der Waals surface area contributed by atoms with Crippen LogP contribution in [0.1, 0.15) is 27.9 Å². The first-order valence-electron chi connectivity index (χ1n) is 9.06. The third kappa shape index (κ3) is 4.95. The quantitative estimate of drug-likeness (QED) is 0.623. The van der Waals surface area contributed by atoms with E-state index in [2.05, 4.69) is 71.2 Å². The third-order valence-corrected chi connectivity index (χ3v) is 5.37. The standard InChI is InChI=1S/C22H25N3OS/c1-14-5-7-18(8-6-14)21-24-19(13-27-21)9-10-23-22(26)25-20-16(3)11-15(2)12-17(20)4/h5-8,11-13H,9-10H2,1-4H3,(H2,23,25,26). The van der Waals surface area contributed by atoms with Crippen molar-refractivity contribution in [2.75, 3.05) is 11.9 Å². The summed E-state index contributed by atoms with van der Waals surface area (Å²) in [4.78, 5) is 16.9. The fraction of sp³-hybridized carbons (Fsp3) is 0.273. The molecule has 0 aliphatic rings. The molecule has 2 amide bonds. The van der Waals surface area contributed by atoms with Gasteiger partial charge in [0.2, 0.25) is 0 Å². The molecule has 4 nitrogen and oxygen atoms in total. The monoisotopic (exact) mass is 379 g/mol. The molecule has 3 rings (SSSR count). The molecule has 2 N–H and O–H groups in total. The number of amides is 2. The molecule has 27 heavy (non-hydrogen) atoms. The van der Waals surface area contributed by atoms with Crippen LogP contribution >= 0.6 is 11.3 Å². The van der Waals surface area contributed by atoms with Crippen LogP contribution in [0.3, 0.4) is 0 Å². The van der Waals surface area contributed by atoms with Crippen LogP contribution in [0.2, 0.25) is 0 Å². The fourth-order valence-electron chi connectivity index (χ4n) is 3.09. The molecule has 0 spiro atoms. The molecule has 140 valence electrons. The van der Waals surface area contributed by atoms with Crippen LogP contribution in [-0.2, 0) is 6.42 Å². The number of nitrogens with zero attached hydrogens (tertiary/aromatic N) is 1. The van der Waals surface area contributed by atoms with Crippen molar-refractivity contribution >= 4 is 23.1 Å². The molecule has 3 aromatic rings. The summed E-state index contributed by atoms with van der Waals surface area (Å²) in [5, 5.41) is 8.95. The van der Waals surface area contributed by atoms with E-state index in [1.807, 2.05) is 13.8 Å². The van der Waals surface area contributed by atoms with E-state index in [1.165, 1.54) is 11.1 Å². The number of hydrogen-bond acceptors (Lipinski definition) is 3. The fourth-order valence-corrected chi connectivity index (χ4v) is 3.95. The van der Waals surface area contributed by atoms with Crippen molar-refractivity contribution in [2.45, 2.75) is 34.1 Å². The first-order chi connectivity index (χ1) is 12.9. The smallest absolute Gasteiger partial charge is 0.319 e. The van der Waals surface area contributed by atoms with Crippen molar-refractivity contribution in [2.24, 2.45) is 0 Å². The first-order valence-corrected chi connectivity index (χ1v) is 9.94. The number of aromatic nitrogens is 1. The van der Waals surface area contributed by atoms with Gasteiger partial charge in [0.15, 0.2) is 0 Å². The van der Waals surface area contributed by atoms with Crippen LogP contribution in [0, 0.1) is 27.7 Å². The van der Waals surface area contributed by atoms with E-state index >= 15 is 0 Å². The SMILES string of the molecule is Cc1ccc(-c2nc(CCNC(=O)Nc3c(C)cc(C)cc3C)cs2)cc1. The van der Waals surface area contributed by atoms with E-state index in [0.29, 0.717) is 13.0 Å². The number of rotatable bonds is 5. The van der Waals surface area contributed by atoms with Crippen LogP contribution in [0.4, 0.5) is 10.5 Å². The van der Waals surface area contributed by atoms with E-state index in [-0.39, 0.29) is 6.03 Å². The second-order valence-corrected chi connectivity index (χ2v) is 7.77. The average Bonchev–Trinajstić information content (AvgIpc) is 3.07. The number of nitrogens with one attached hydrogen (secondary N) is 2. The number of thiazole rings is 1. The molecule has 0 fully saturated rings. The van der Waals surface area contributed by atoms with Crippen LogP contribution in [0.15, 0.2) is 41.8 Å². The van der Waals surface area contributed by atoms with Gasteiger partial charge >= 0.3 is 6.03 Å². The first kappa shape index (κ1) is 19.1. The molecule has 1 aromatic heterocycles. The maximum atomic E-state index is 12.2. The van der Waals surface area contributed by atoms with Crippen LogP contribution in [0.5, 0.6) is 0 Å². The molecule has 0 aliphatic carbocycles. The minimum Gasteiger partial charge on any atom is -0.337 e. The van der Waals surface area contributed by atoms with Crippen molar-refractivity contribution in [3.63, 3.8) is 0 Å². The Labute approximate surface area is 164 Å². The molecule has 0 bridgehead atoms. The van der Waals surface area contributed by atoms with Gasteiger partial charge in [-0.3, -0.25) is 0 Å². The van der Waals surface area contributed by atoms with Crippen molar-refractivity contribution in [3.8, 4) is 10.6 Å². The van der Waals surface area contributed by atoms with Gasteiger partial charge in [-0.25, -0.2) is 9.78 Å². The van der Waals surface area contributed by atoms with Crippen molar-refractivity contribution in [1.29, 1.82) is 0 Å². The molecule has 0 aliphatic heterocycles. The number of anilines is 1. The largest absolute Gasteiger partial charge is 0.337 e. The Kier molecular flexibility index (Phi) is 5.91. The van der Waals surface area contributed by atoms with Gasteiger partial charge in [0.05, 0.1) is 5.69 Å². The average molecular weight is 380 g/mol. The van der Waals surface area contributed by atoms with Crippen LogP contribution in [-0.4, -0.2) is 17.6 Å². The summed E-state index contributed by atoms with van der Waals surface area (Å²) in [6.07, 6.45) is 0.710. The highest BCUT2D eigenvalue weighted by Gasteiger charge is 2.09. The van der Waals surface area contributed by atoms with E-state index < -0.39 is 0 Å². The second kappa shape index (κ2) is 8.35. The van der Waals surface area contributed by atoms with Crippen LogP contribution in [0.25, 0.3) is 10.6 Å². The minimum absolute atomic E-state index is 0.181.